The van der Waals surface area contributed by atoms with Gasteiger partial charge in [-0.3, -0.25) is 53.1 Å². The summed E-state index contributed by atoms with van der Waals surface area (Å²) >= 11 is 0. The minimum absolute atomic E-state index is 0.00545. The zero-order chi connectivity index (χ0) is 52.7. The van der Waals surface area contributed by atoms with E-state index in [0.29, 0.717) is 12.0 Å². The molecule has 0 spiro atoms. The second kappa shape index (κ2) is 28.9. The van der Waals surface area contributed by atoms with E-state index >= 15 is 0 Å². The molecule has 2 aromatic carbocycles. The van der Waals surface area contributed by atoms with Crippen molar-refractivity contribution in [1.82, 2.24) is 31.6 Å². The second-order valence-electron chi connectivity index (χ2n) is 18.3. The zero-order valence-electron chi connectivity index (χ0n) is 41.1. The van der Waals surface area contributed by atoms with Crippen LogP contribution in [0.1, 0.15) is 102 Å². The lowest BCUT2D eigenvalue weighted by Gasteiger charge is -2.26. The van der Waals surface area contributed by atoms with Gasteiger partial charge in [0.25, 0.3) is 0 Å². The summed E-state index contributed by atoms with van der Waals surface area (Å²) < 4.78 is 0. The molecule has 1 aliphatic rings. The summed E-state index contributed by atoms with van der Waals surface area (Å²) in [6.45, 7) is 2.94. The molecule has 3 aromatic rings. The molecule has 1 aromatic heterocycles. The van der Waals surface area contributed by atoms with E-state index in [0.717, 1.165) is 16.5 Å². The third-order valence-electron chi connectivity index (χ3n) is 12.4. The molecule has 22 heteroatoms. The van der Waals surface area contributed by atoms with Crippen molar-refractivity contribution in [2.24, 2.45) is 50.5 Å². The van der Waals surface area contributed by atoms with Gasteiger partial charge in [0.2, 0.25) is 35.4 Å². The maximum absolute atomic E-state index is 14.6. The molecular weight excluding hydrogens is 927 g/mol. The number of carbonyl (C=O) groups is 9. The number of hydrogen-bond acceptors (Lipinski definition) is 11. The lowest BCUT2D eigenvalue weighted by Crippen LogP contribution is -2.57. The first-order chi connectivity index (χ1) is 34.3. The van der Waals surface area contributed by atoms with Gasteiger partial charge in [-0.05, 0) is 81.9 Å². The van der Waals surface area contributed by atoms with Crippen molar-refractivity contribution in [3.05, 3.63) is 71.9 Å². The van der Waals surface area contributed by atoms with Gasteiger partial charge in [0.15, 0.2) is 17.7 Å². The van der Waals surface area contributed by atoms with Gasteiger partial charge in [0.05, 0.1) is 6.04 Å². The average Bonchev–Trinajstić information content (AvgIpc) is 3.74. The normalized spacial score (nSPS) is 21.8. The Labute approximate surface area is 418 Å². The van der Waals surface area contributed by atoms with Crippen LogP contribution in [-0.4, -0.2) is 113 Å². The highest BCUT2D eigenvalue weighted by atomic mass is 16.2. The standard InChI is InChI=1S/C50H71N13O9/c1-29-45(69)63-41(24-31-12-4-3-5-13-31)43(67)26-32(14-10-22-56-49(52)53)42(66)27-33(25-34-28-58-37-17-9-7-16-36(34)37)46(70)61-38(44(51)68)21-20-35(65)15-6-8-18-40(47(71)59-29)62-48(72)39(60-30(2)64)19-11-23-57-50(54)55/h3-5,7,9,12-13,16-17,28-29,32-33,38-41,58H,6,8,10-11,14-15,18-27H2,1-2H3,(H2,51,68)(H,59,71)(H,60,64)(H,61,70)(H,62,72)(H,63,69)(H4,52,53,56)(H4,54,55,57)/t29-,32+,33+,38-,39-,40-,41+/m0/s1. The summed E-state index contributed by atoms with van der Waals surface area (Å²) in [6, 6.07) is 10.2. The summed E-state index contributed by atoms with van der Waals surface area (Å²) in [6.07, 6.45) is 2.15. The third-order valence-corrected chi connectivity index (χ3v) is 12.4. The number of benzene rings is 2. The Morgan fingerprint density at radius 3 is 2.07 bits per heavy atom. The van der Waals surface area contributed by atoms with Crippen molar-refractivity contribution < 1.29 is 43.2 Å². The monoisotopic (exact) mass is 998 g/mol. The number of Topliss-reactive ketones (excluding diaryl/α,β-unsaturated/α-hetero) is 3. The first kappa shape index (κ1) is 56.9. The van der Waals surface area contributed by atoms with Crippen molar-refractivity contribution in [3.63, 3.8) is 0 Å². The van der Waals surface area contributed by atoms with Gasteiger partial charge in [0.1, 0.15) is 35.7 Å². The fourth-order valence-electron chi connectivity index (χ4n) is 8.55. The largest absolute Gasteiger partial charge is 0.370 e. The van der Waals surface area contributed by atoms with Crippen LogP contribution < -0.4 is 55.3 Å². The fourth-order valence-corrected chi connectivity index (χ4v) is 8.55. The molecular formula is C50H71N13O9. The molecule has 0 bridgehead atoms. The molecule has 0 aliphatic carbocycles. The number of aromatic amines is 1. The lowest BCUT2D eigenvalue weighted by atomic mass is 9.83. The quantitative estimate of drug-likeness (QED) is 0.0516. The number of nitrogens with zero attached hydrogens (tertiary/aromatic N) is 2. The molecule has 7 atom stereocenters. The van der Waals surface area contributed by atoms with E-state index in [4.69, 9.17) is 28.7 Å². The Bertz CT molecular complexity index is 2430. The summed E-state index contributed by atoms with van der Waals surface area (Å²) in [4.78, 5) is 135. The first-order valence-corrected chi connectivity index (χ1v) is 24.4. The topological polar surface area (TPSA) is 384 Å². The number of aromatic nitrogens is 1. The fraction of sp³-hybridized carbons (Fsp3) is 0.500. The lowest BCUT2D eigenvalue weighted by molar-refractivity contribution is -0.135. The molecule has 22 nitrogen and oxygen atoms in total. The number of primary amides is 1. The van der Waals surface area contributed by atoms with E-state index in [9.17, 15) is 43.2 Å². The minimum Gasteiger partial charge on any atom is -0.370 e. The highest BCUT2D eigenvalue weighted by Crippen LogP contribution is 2.26. The number of H-pyrrole nitrogens is 1. The predicted octanol–water partition coefficient (Wildman–Crippen LogP) is 0.0835. The molecule has 0 radical (unpaired) electrons. The molecule has 16 N–H and O–H groups in total. The van der Waals surface area contributed by atoms with Crippen LogP contribution in [0.2, 0.25) is 0 Å². The van der Waals surface area contributed by atoms with Gasteiger partial charge in [-0.2, -0.15) is 0 Å². The van der Waals surface area contributed by atoms with Crippen molar-refractivity contribution in [3.8, 4) is 0 Å². The molecule has 2 heterocycles. The van der Waals surface area contributed by atoms with Crippen LogP contribution in [0.4, 0.5) is 0 Å². The average molecular weight is 998 g/mol. The van der Waals surface area contributed by atoms with E-state index in [1.807, 2.05) is 24.3 Å². The Morgan fingerprint density at radius 1 is 0.722 bits per heavy atom. The molecule has 1 saturated heterocycles. The Hall–Kier alpha value is -7.65. The van der Waals surface area contributed by atoms with Crippen LogP contribution in [0.25, 0.3) is 10.9 Å². The van der Waals surface area contributed by atoms with Gasteiger partial charge in [-0.25, -0.2) is 0 Å². The molecule has 0 saturated carbocycles. The molecule has 390 valence electrons. The number of nitrogens with one attached hydrogen (secondary N) is 6. The van der Waals surface area contributed by atoms with Gasteiger partial charge in [-0.15, -0.1) is 0 Å². The van der Waals surface area contributed by atoms with Crippen LogP contribution in [0, 0.1) is 11.8 Å². The number of hydrogen-bond donors (Lipinski definition) is 11. The minimum atomic E-state index is -1.27. The number of rotatable bonds is 16. The number of fused-ring (bicyclic) bond motifs is 1. The number of ketones is 3. The van der Waals surface area contributed by atoms with Gasteiger partial charge in [0, 0.05) is 74.6 Å². The van der Waals surface area contributed by atoms with E-state index in [2.05, 4.69) is 41.6 Å². The van der Waals surface area contributed by atoms with Crippen molar-refractivity contribution >= 4 is 75.6 Å². The Kier molecular flexibility index (Phi) is 22.8. The molecule has 6 amide bonds. The van der Waals surface area contributed by atoms with Gasteiger partial charge < -0.3 is 60.2 Å². The molecule has 1 aliphatic heterocycles. The highest BCUT2D eigenvalue weighted by molar-refractivity contribution is 5.98. The van der Waals surface area contributed by atoms with Crippen LogP contribution in [0.15, 0.2) is 70.8 Å². The number of nitrogens with two attached hydrogens (primary N) is 5. The van der Waals surface area contributed by atoms with Crippen molar-refractivity contribution in [1.29, 1.82) is 0 Å². The number of carbonyl (C=O) groups excluding carboxylic acids is 9. The van der Waals surface area contributed by atoms with E-state index in [1.54, 1.807) is 36.5 Å². The van der Waals surface area contributed by atoms with E-state index in [1.165, 1.54) is 13.8 Å². The van der Waals surface area contributed by atoms with E-state index in [-0.39, 0.29) is 114 Å². The Balaban J connectivity index is 1.71. The first-order valence-electron chi connectivity index (χ1n) is 24.4. The van der Waals surface area contributed by atoms with Crippen LogP contribution in [-0.2, 0) is 56.0 Å². The summed E-state index contributed by atoms with van der Waals surface area (Å²) in [7, 11) is 0. The molecule has 72 heavy (non-hydrogen) atoms. The van der Waals surface area contributed by atoms with E-state index < -0.39 is 89.1 Å². The Morgan fingerprint density at radius 2 is 1.39 bits per heavy atom. The van der Waals surface area contributed by atoms with Crippen molar-refractivity contribution in [2.75, 3.05) is 13.1 Å². The van der Waals surface area contributed by atoms with Gasteiger partial charge >= 0.3 is 0 Å². The zero-order valence-corrected chi connectivity index (χ0v) is 41.1. The third kappa shape index (κ3) is 19.3. The maximum atomic E-state index is 14.6. The number of amides is 6. The SMILES string of the molecule is CC(=O)N[C@@H](CCCN=C(N)N)C(=O)N[C@H]1CCCCC(=O)CC[C@@H](C(N)=O)NC(=O)[C@H](Cc2c[nH]c3ccccc23)CC(=O)[C@H](CCCN=C(N)N)CC(=O)[C@@H](Cc2ccccc2)NC(=O)[C@H](C)NC1=O. The molecule has 4 rings (SSSR count). The molecule has 0 unspecified atom stereocenters. The summed E-state index contributed by atoms with van der Waals surface area (Å²) in [5.41, 5.74) is 30.0. The number of para-hydroxylation sites is 1. The second-order valence-corrected chi connectivity index (χ2v) is 18.3. The maximum Gasteiger partial charge on any atom is 0.243 e. The van der Waals surface area contributed by atoms with Crippen LogP contribution in [0.3, 0.4) is 0 Å². The van der Waals surface area contributed by atoms with Crippen molar-refractivity contribution in [2.45, 2.75) is 134 Å². The number of guanidine groups is 2. The van der Waals surface area contributed by atoms with Crippen LogP contribution in [0.5, 0.6) is 0 Å². The van der Waals surface area contributed by atoms with Crippen LogP contribution >= 0.6 is 0 Å². The summed E-state index contributed by atoms with van der Waals surface area (Å²) in [5.74, 6) is -7.80. The highest BCUT2D eigenvalue weighted by Gasteiger charge is 2.34. The number of aliphatic imine (C=N–C) groups is 2. The van der Waals surface area contributed by atoms with Gasteiger partial charge in [-0.1, -0.05) is 55.0 Å². The summed E-state index contributed by atoms with van der Waals surface area (Å²) in [5, 5.41) is 14.2. The molecule has 1 fully saturated rings. The predicted molar refractivity (Wildman–Crippen MR) is 271 cm³/mol. The smallest absolute Gasteiger partial charge is 0.243 e.